The fourth-order valence-electron chi connectivity index (χ4n) is 4.03. The number of aromatic nitrogens is 2. The molecule has 1 N–H and O–H groups in total. The van der Waals surface area contributed by atoms with Crippen LogP contribution in [0.1, 0.15) is 45.7 Å². The number of unbranched alkanes of at least 4 members (excludes halogenated alkanes) is 1. The molecule has 0 aliphatic rings. The average molecular weight is 442 g/mol. The number of nitrogens with one attached hydrogen (secondary N) is 1. The van der Waals surface area contributed by atoms with Crippen molar-refractivity contribution in [2.24, 2.45) is 0 Å². The van der Waals surface area contributed by atoms with Gasteiger partial charge in [0.25, 0.3) is 5.91 Å². The molecule has 0 aliphatic carbocycles. The Morgan fingerprint density at radius 2 is 1.70 bits per heavy atom. The second-order valence-corrected chi connectivity index (χ2v) is 8.54. The van der Waals surface area contributed by atoms with Crippen LogP contribution in [0.25, 0.3) is 11.0 Å². The van der Waals surface area contributed by atoms with Gasteiger partial charge in [0.1, 0.15) is 11.6 Å². The number of amides is 1. The molecule has 3 aromatic carbocycles. The third-order valence-corrected chi connectivity index (χ3v) is 5.83. The zero-order chi connectivity index (χ0) is 23.2. The van der Waals surface area contributed by atoms with E-state index in [1.54, 1.807) is 0 Å². The van der Waals surface area contributed by atoms with Gasteiger partial charge in [-0.15, -0.1) is 0 Å². The van der Waals surface area contributed by atoms with Gasteiger partial charge in [-0.05, 0) is 69.5 Å². The van der Waals surface area contributed by atoms with Crippen molar-refractivity contribution in [1.29, 1.82) is 0 Å². The Bertz CT molecular complexity index is 1240. The van der Waals surface area contributed by atoms with Gasteiger partial charge in [0.15, 0.2) is 0 Å². The SMILES string of the molecule is Cc1ccc(OCCCCn2c(CNC(=O)c3ccc(C)cc3C)nc3ccccc32)cc1. The van der Waals surface area contributed by atoms with Crippen LogP contribution in [0.2, 0.25) is 0 Å². The highest BCUT2D eigenvalue weighted by atomic mass is 16.5. The number of rotatable bonds is 9. The number of ether oxygens (including phenoxy) is 1. The number of hydrogen-bond acceptors (Lipinski definition) is 3. The van der Waals surface area contributed by atoms with Gasteiger partial charge in [0, 0.05) is 12.1 Å². The van der Waals surface area contributed by atoms with E-state index in [9.17, 15) is 4.79 Å². The van der Waals surface area contributed by atoms with Gasteiger partial charge in [-0.1, -0.05) is 47.5 Å². The first-order valence-corrected chi connectivity index (χ1v) is 11.5. The van der Waals surface area contributed by atoms with Crippen molar-refractivity contribution in [3.05, 3.63) is 94.8 Å². The van der Waals surface area contributed by atoms with Crippen molar-refractivity contribution in [3.8, 4) is 5.75 Å². The lowest BCUT2D eigenvalue weighted by molar-refractivity contribution is 0.0949. The molecule has 0 unspecified atom stereocenters. The lowest BCUT2D eigenvalue weighted by atomic mass is 10.1. The fourth-order valence-corrected chi connectivity index (χ4v) is 4.03. The van der Waals surface area contributed by atoms with Crippen molar-refractivity contribution in [2.75, 3.05) is 6.61 Å². The summed E-state index contributed by atoms with van der Waals surface area (Å²) in [7, 11) is 0. The van der Waals surface area contributed by atoms with Gasteiger partial charge in [0.05, 0.1) is 24.2 Å². The molecule has 0 aliphatic heterocycles. The predicted octanol–water partition coefficient (Wildman–Crippen LogP) is 5.75. The van der Waals surface area contributed by atoms with Crippen molar-refractivity contribution in [1.82, 2.24) is 14.9 Å². The second kappa shape index (κ2) is 10.3. The molecule has 1 heterocycles. The third kappa shape index (κ3) is 5.61. The monoisotopic (exact) mass is 441 g/mol. The second-order valence-electron chi connectivity index (χ2n) is 8.54. The number of carbonyl (C=O) groups excluding carboxylic acids is 1. The zero-order valence-electron chi connectivity index (χ0n) is 19.6. The largest absolute Gasteiger partial charge is 0.494 e. The van der Waals surface area contributed by atoms with Crippen LogP contribution in [0.5, 0.6) is 5.75 Å². The van der Waals surface area contributed by atoms with Crippen LogP contribution < -0.4 is 10.1 Å². The minimum Gasteiger partial charge on any atom is -0.494 e. The molecule has 1 aromatic heterocycles. The molecular formula is C28H31N3O2. The lowest BCUT2D eigenvalue weighted by Gasteiger charge is -2.12. The summed E-state index contributed by atoms with van der Waals surface area (Å²) >= 11 is 0. The van der Waals surface area contributed by atoms with E-state index in [1.807, 2.05) is 62.4 Å². The Morgan fingerprint density at radius 3 is 2.48 bits per heavy atom. The number of hydrogen-bond donors (Lipinski definition) is 1. The molecule has 5 nitrogen and oxygen atoms in total. The van der Waals surface area contributed by atoms with Crippen LogP contribution in [0, 0.1) is 20.8 Å². The summed E-state index contributed by atoms with van der Waals surface area (Å²) < 4.78 is 8.08. The first-order chi connectivity index (χ1) is 16.0. The number of aryl methyl sites for hydroxylation is 4. The van der Waals surface area contributed by atoms with Crippen LogP contribution in [0.15, 0.2) is 66.7 Å². The molecule has 5 heteroatoms. The van der Waals surface area contributed by atoms with Gasteiger partial charge in [0.2, 0.25) is 0 Å². The zero-order valence-corrected chi connectivity index (χ0v) is 19.6. The third-order valence-electron chi connectivity index (χ3n) is 5.83. The summed E-state index contributed by atoms with van der Waals surface area (Å²) in [5, 5.41) is 3.06. The molecule has 4 aromatic rings. The molecule has 0 spiro atoms. The molecule has 0 atom stereocenters. The summed E-state index contributed by atoms with van der Waals surface area (Å²) in [6, 6.07) is 22.1. The van der Waals surface area contributed by atoms with Gasteiger partial charge < -0.3 is 14.6 Å². The smallest absolute Gasteiger partial charge is 0.251 e. The lowest BCUT2D eigenvalue weighted by Crippen LogP contribution is -2.25. The predicted molar refractivity (Wildman–Crippen MR) is 133 cm³/mol. The topological polar surface area (TPSA) is 56.1 Å². The first-order valence-electron chi connectivity index (χ1n) is 11.5. The molecular weight excluding hydrogens is 410 g/mol. The maximum atomic E-state index is 12.8. The Balaban J connectivity index is 1.38. The van der Waals surface area contributed by atoms with Gasteiger partial charge in [-0.25, -0.2) is 4.98 Å². The summed E-state index contributed by atoms with van der Waals surface area (Å²) in [5.41, 5.74) is 6.10. The van der Waals surface area contributed by atoms with Crippen LogP contribution in [-0.4, -0.2) is 22.1 Å². The number of benzene rings is 3. The highest BCUT2D eigenvalue weighted by Crippen LogP contribution is 2.18. The minimum absolute atomic E-state index is 0.0717. The standard InChI is InChI=1S/C28H31N3O2/c1-20-10-13-23(14-11-20)33-17-7-6-16-31-26-9-5-4-8-25(26)30-27(31)19-29-28(32)24-15-12-21(2)18-22(24)3/h4-5,8-15,18H,6-7,16-17,19H2,1-3H3,(H,29,32). The molecule has 0 radical (unpaired) electrons. The maximum absolute atomic E-state index is 12.8. The maximum Gasteiger partial charge on any atom is 0.251 e. The van der Waals surface area contributed by atoms with Crippen LogP contribution in [0.4, 0.5) is 0 Å². The molecule has 1 amide bonds. The van der Waals surface area contributed by atoms with E-state index in [1.165, 1.54) is 5.56 Å². The molecule has 4 rings (SSSR count). The van der Waals surface area contributed by atoms with Crippen LogP contribution in [0.3, 0.4) is 0 Å². The minimum atomic E-state index is -0.0717. The fraction of sp³-hybridized carbons (Fsp3) is 0.286. The van der Waals surface area contributed by atoms with Crippen molar-refractivity contribution >= 4 is 16.9 Å². The van der Waals surface area contributed by atoms with E-state index in [0.29, 0.717) is 18.7 Å². The van der Waals surface area contributed by atoms with Crippen LogP contribution >= 0.6 is 0 Å². The van der Waals surface area contributed by atoms with Crippen molar-refractivity contribution in [3.63, 3.8) is 0 Å². The Morgan fingerprint density at radius 1 is 0.939 bits per heavy atom. The number of carbonyl (C=O) groups is 1. The molecule has 170 valence electrons. The van der Waals surface area contributed by atoms with Gasteiger partial charge in [-0.2, -0.15) is 0 Å². The van der Waals surface area contributed by atoms with E-state index in [4.69, 9.17) is 9.72 Å². The molecule has 0 fully saturated rings. The Kier molecular flexibility index (Phi) is 7.08. The number of fused-ring (bicyclic) bond motifs is 1. The number of nitrogens with zero attached hydrogens (tertiary/aromatic N) is 2. The van der Waals surface area contributed by atoms with Crippen molar-refractivity contribution in [2.45, 2.75) is 46.7 Å². The van der Waals surface area contributed by atoms with Gasteiger partial charge in [-0.3, -0.25) is 4.79 Å². The van der Waals surface area contributed by atoms with Crippen molar-refractivity contribution < 1.29 is 9.53 Å². The Hall–Kier alpha value is -3.60. The van der Waals surface area contributed by atoms with E-state index in [2.05, 4.69) is 35.0 Å². The molecule has 33 heavy (non-hydrogen) atoms. The summed E-state index contributed by atoms with van der Waals surface area (Å²) in [6.45, 7) is 7.96. The van der Waals surface area contributed by atoms with E-state index in [-0.39, 0.29) is 5.91 Å². The number of para-hydroxylation sites is 2. The number of imidazole rings is 1. The highest BCUT2D eigenvalue weighted by molar-refractivity contribution is 5.95. The molecule has 0 bridgehead atoms. The van der Waals surface area contributed by atoms with E-state index in [0.717, 1.165) is 53.1 Å². The Labute approximate surface area is 195 Å². The summed E-state index contributed by atoms with van der Waals surface area (Å²) in [4.78, 5) is 17.6. The van der Waals surface area contributed by atoms with E-state index < -0.39 is 0 Å². The normalized spacial score (nSPS) is 11.0. The van der Waals surface area contributed by atoms with Crippen LogP contribution in [-0.2, 0) is 13.1 Å². The summed E-state index contributed by atoms with van der Waals surface area (Å²) in [6.07, 6.45) is 1.90. The van der Waals surface area contributed by atoms with Gasteiger partial charge >= 0.3 is 0 Å². The molecule has 0 saturated heterocycles. The molecule has 0 saturated carbocycles. The average Bonchev–Trinajstić information content (AvgIpc) is 3.16. The highest BCUT2D eigenvalue weighted by Gasteiger charge is 2.13. The summed E-state index contributed by atoms with van der Waals surface area (Å²) in [5.74, 6) is 1.70. The quantitative estimate of drug-likeness (QED) is 0.337. The van der Waals surface area contributed by atoms with E-state index >= 15 is 0 Å². The first kappa shape index (κ1) is 22.6.